The Bertz CT molecular complexity index is 407. The van der Waals surface area contributed by atoms with Crippen LogP contribution in [-0.4, -0.2) is 30.5 Å². The Kier molecular flexibility index (Phi) is 4.96. The van der Waals surface area contributed by atoms with E-state index in [0.717, 1.165) is 38.2 Å². The number of carbonyl (C=O) groups is 1. The van der Waals surface area contributed by atoms with Crippen LogP contribution in [0.15, 0.2) is 24.5 Å². The molecule has 6 heteroatoms. The highest BCUT2D eigenvalue weighted by molar-refractivity contribution is 6.00. The lowest BCUT2D eigenvalue weighted by Gasteiger charge is -2.21. The first-order chi connectivity index (χ1) is 7.82. The van der Waals surface area contributed by atoms with Crippen molar-refractivity contribution in [2.24, 2.45) is 5.41 Å². The van der Waals surface area contributed by atoms with E-state index in [1.54, 1.807) is 12.4 Å². The number of carbonyl (C=O) groups excluding carboxylic acids is 1. The van der Waals surface area contributed by atoms with Gasteiger partial charge in [0.2, 0.25) is 5.91 Å². The smallest absolute Gasteiger partial charge is 0.234 e. The van der Waals surface area contributed by atoms with E-state index >= 15 is 0 Å². The number of anilines is 1. The van der Waals surface area contributed by atoms with Crippen LogP contribution in [0.1, 0.15) is 12.8 Å². The molecule has 0 aliphatic carbocycles. The quantitative estimate of drug-likeness (QED) is 0.855. The van der Waals surface area contributed by atoms with Crippen LogP contribution in [-0.2, 0) is 4.79 Å². The maximum atomic E-state index is 12.4. The van der Waals surface area contributed by atoms with Crippen LogP contribution in [0.3, 0.4) is 0 Å². The molecule has 1 amide bonds. The zero-order chi connectivity index (χ0) is 11.0. The van der Waals surface area contributed by atoms with Gasteiger partial charge in [0.15, 0.2) is 0 Å². The van der Waals surface area contributed by atoms with Crippen molar-refractivity contribution in [3.05, 3.63) is 24.5 Å². The van der Waals surface area contributed by atoms with Crippen LogP contribution < -0.4 is 10.2 Å². The Balaban J connectivity index is 0.000000810. The summed E-state index contributed by atoms with van der Waals surface area (Å²) in [5.74, 6) is 0.269. The monoisotopic (exact) mass is 289 g/mol. The van der Waals surface area contributed by atoms with Gasteiger partial charge in [0.25, 0.3) is 0 Å². The van der Waals surface area contributed by atoms with Crippen LogP contribution in [0.5, 0.6) is 0 Å². The van der Waals surface area contributed by atoms with E-state index in [0.29, 0.717) is 0 Å². The highest BCUT2D eigenvalue weighted by Crippen LogP contribution is 2.39. The molecule has 1 aromatic heterocycles. The number of hydrogen-bond acceptors (Lipinski definition) is 3. The van der Waals surface area contributed by atoms with Crippen LogP contribution in [0.25, 0.3) is 0 Å². The molecule has 0 bridgehead atoms. The second kappa shape index (κ2) is 5.87. The molecule has 1 N–H and O–H groups in total. The van der Waals surface area contributed by atoms with Crippen molar-refractivity contribution in [3.8, 4) is 0 Å². The second-order valence-electron chi connectivity index (χ2n) is 4.63. The molecule has 1 atom stereocenters. The van der Waals surface area contributed by atoms with Crippen LogP contribution in [0.2, 0.25) is 0 Å². The van der Waals surface area contributed by atoms with Crippen molar-refractivity contribution in [2.45, 2.75) is 12.8 Å². The van der Waals surface area contributed by atoms with Gasteiger partial charge in [0.05, 0.1) is 17.3 Å². The maximum Gasteiger partial charge on any atom is 0.234 e. The molecule has 0 radical (unpaired) electrons. The predicted molar refractivity (Wildman–Crippen MR) is 75.6 cm³/mol. The van der Waals surface area contributed by atoms with E-state index < -0.39 is 0 Å². The number of pyridine rings is 1. The van der Waals surface area contributed by atoms with Gasteiger partial charge in [0.1, 0.15) is 0 Å². The molecule has 2 saturated heterocycles. The molecule has 3 heterocycles. The van der Waals surface area contributed by atoms with Gasteiger partial charge in [-0.15, -0.1) is 24.8 Å². The van der Waals surface area contributed by atoms with Gasteiger partial charge in [-0.3, -0.25) is 9.78 Å². The molecular formula is C12H17Cl2N3O. The molecule has 2 aliphatic rings. The highest BCUT2D eigenvalue weighted by Gasteiger charge is 2.48. The number of halogens is 2. The van der Waals surface area contributed by atoms with Gasteiger partial charge < -0.3 is 10.2 Å². The first-order valence-electron chi connectivity index (χ1n) is 5.75. The highest BCUT2D eigenvalue weighted by atomic mass is 35.5. The zero-order valence-corrected chi connectivity index (χ0v) is 11.6. The number of hydrogen-bond donors (Lipinski definition) is 1. The molecule has 4 nitrogen and oxygen atoms in total. The molecule has 0 saturated carbocycles. The average molecular weight is 290 g/mol. The summed E-state index contributed by atoms with van der Waals surface area (Å²) >= 11 is 0. The van der Waals surface area contributed by atoms with Crippen molar-refractivity contribution in [2.75, 3.05) is 24.5 Å². The zero-order valence-electron chi connectivity index (χ0n) is 9.96. The minimum atomic E-state index is -0.129. The van der Waals surface area contributed by atoms with Crippen molar-refractivity contribution in [3.63, 3.8) is 0 Å². The fraction of sp³-hybridized carbons (Fsp3) is 0.500. The summed E-state index contributed by atoms with van der Waals surface area (Å²) in [6.07, 6.45) is 5.44. The Labute approximate surface area is 119 Å². The van der Waals surface area contributed by atoms with E-state index in [9.17, 15) is 4.79 Å². The third kappa shape index (κ3) is 2.32. The fourth-order valence-electron chi connectivity index (χ4n) is 2.72. The van der Waals surface area contributed by atoms with Gasteiger partial charge in [-0.2, -0.15) is 0 Å². The summed E-state index contributed by atoms with van der Waals surface area (Å²) in [5.41, 5.74) is 0.798. The molecule has 100 valence electrons. The molecule has 3 rings (SSSR count). The number of aromatic nitrogens is 1. The summed E-state index contributed by atoms with van der Waals surface area (Å²) in [6, 6.07) is 3.83. The Morgan fingerprint density at radius 1 is 1.33 bits per heavy atom. The number of amides is 1. The lowest BCUT2D eigenvalue weighted by Crippen LogP contribution is -2.36. The largest absolute Gasteiger partial charge is 0.316 e. The summed E-state index contributed by atoms with van der Waals surface area (Å²) in [5, 5.41) is 3.29. The third-order valence-corrected chi connectivity index (χ3v) is 3.71. The number of nitrogens with one attached hydrogen (secondary N) is 1. The minimum Gasteiger partial charge on any atom is -0.316 e. The van der Waals surface area contributed by atoms with E-state index in [4.69, 9.17) is 0 Å². The maximum absolute atomic E-state index is 12.4. The van der Waals surface area contributed by atoms with E-state index in [-0.39, 0.29) is 36.1 Å². The first kappa shape index (κ1) is 15.2. The van der Waals surface area contributed by atoms with Crippen LogP contribution in [0, 0.1) is 5.41 Å². The Hall–Kier alpha value is -0.840. The van der Waals surface area contributed by atoms with E-state index in [1.807, 2.05) is 17.0 Å². The van der Waals surface area contributed by atoms with E-state index in [2.05, 4.69) is 10.3 Å². The normalized spacial score (nSPS) is 26.0. The van der Waals surface area contributed by atoms with Crippen molar-refractivity contribution in [1.82, 2.24) is 10.3 Å². The first-order valence-corrected chi connectivity index (χ1v) is 5.75. The predicted octanol–water partition coefficient (Wildman–Crippen LogP) is 1.64. The summed E-state index contributed by atoms with van der Waals surface area (Å²) in [7, 11) is 0. The van der Waals surface area contributed by atoms with Crippen molar-refractivity contribution < 1.29 is 4.79 Å². The van der Waals surface area contributed by atoms with Gasteiger partial charge >= 0.3 is 0 Å². The second-order valence-corrected chi connectivity index (χ2v) is 4.63. The molecule has 0 aromatic carbocycles. The van der Waals surface area contributed by atoms with Crippen molar-refractivity contribution in [1.29, 1.82) is 0 Å². The Morgan fingerprint density at radius 3 is 2.78 bits per heavy atom. The van der Waals surface area contributed by atoms with Crippen LogP contribution in [0.4, 0.5) is 5.69 Å². The van der Waals surface area contributed by atoms with Gasteiger partial charge in [-0.1, -0.05) is 0 Å². The van der Waals surface area contributed by atoms with Gasteiger partial charge in [-0.25, -0.2) is 0 Å². The molecule has 1 spiro atoms. The van der Waals surface area contributed by atoms with Crippen LogP contribution >= 0.6 is 24.8 Å². The molecule has 2 fully saturated rings. The molecule has 1 aromatic rings. The molecule has 1 unspecified atom stereocenters. The lowest BCUT2D eigenvalue weighted by atomic mass is 9.86. The summed E-state index contributed by atoms with van der Waals surface area (Å²) in [4.78, 5) is 18.3. The van der Waals surface area contributed by atoms with Gasteiger partial charge in [-0.05, 0) is 31.5 Å². The lowest BCUT2D eigenvalue weighted by molar-refractivity contribution is -0.124. The minimum absolute atomic E-state index is 0. The Morgan fingerprint density at radius 2 is 2.17 bits per heavy atom. The third-order valence-electron chi connectivity index (χ3n) is 3.71. The standard InChI is InChI=1S/C12H15N3O.2ClH/c16-11-12(3-6-14-9-12)4-7-15(11)10-2-1-5-13-8-10;;/h1-2,5,8,14H,3-4,6-7,9H2;2*1H. The van der Waals surface area contributed by atoms with Gasteiger partial charge in [0, 0.05) is 19.3 Å². The molecule has 18 heavy (non-hydrogen) atoms. The average Bonchev–Trinajstić information content (AvgIpc) is 2.91. The summed E-state index contributed by atoms with van der Waals surface area (Å²) in [6.45, 7) is 2.63. The molecular weight excluding hydrogens is 273 g/mol. The fourth-order valence-corrected chi connectivity index (χ4v) is 2.72. The summed E-state index contributed by atoms with van der Waals surface area (Å²) < 4.78 is 0. The van der Waals surface area contributed by atoms with Crippen molar-refractivity contribution >= 4 is 36.4 Å². The topological polar surface area (TPSA) is 45.2 Å². The number of nitrogens with zero attached hydrogens (tertiary/aromatic N) is 2. The number of rotatable bonds is 1. The molecule has 2 aliphatic heterocycles. The SMILES string of the molecule is Cl.Cl.O=C1N(c2cccnc2)CCC12CCNC2. The van der Waals surface area contributed by atoms with E-state index in [1.165, 1.54) is 0 Å².